The van der Waals surface area contributed by atoms with Gasteiger partial charge in [0.05, 0.1) is 5.69 Å². The van der Waals surface area contributed by atoms with Gasteiger partial charge in [0.1, 0.15) is 0 Å². The number of halogens is 1. The number of H-pyrrole nitrogens is 1. The Morgan fingerprint density at radius 1 is 1.73 bits per heavy atom. The minimum atomic E-state index is -0.452. The van der Waals surface area contributed by atoms with Gasteiger partial charge in [-0.3, -0.25) is 4.79 Å². The minimum Gasteiger partial charge on any atom is -0.354 e. The Hall–Kier alpha value is -0.800. The van der Waals surface area contributed by atoms with Gasteiger partial charge in [-0.1, -0.05) is 0 Å². The highest BCUT2D eigenvalue weighted by atomic mass is 35.5. The predicted molar refractivity (Wildman–Crippen MR) is 43.7 cm³/mol. The fourth-order valence-electron chi connectivity index (χ4n) is 0.848. The van der Waals surface area contributed by atoms with Crippen LogP contribution in [0.2, 0.25) is 0 Å². The molecule has 0 fully saturated rings. The molecule has 0 aromatic carbocycles. The summed E-state index contributed by atoms with van der Waals surface area (Å²) in [5.74, 6) is 0. The Morgan fingerprint density at radius 2 is 2.45 bits per heavy atom. The van der Waals surface area contributed by atoms with Crippen LogP contribution >= 0.6 is 11.6 Å². The smallest absolute Gasteiger partial charge is 0.268 e. The summed E-state index contributed by atoms with van der Waals surface area (Å²) in [6.07, 6.45) is 0. The van der Waals surface area contributed by atoms with Gasteiger partial charge in [0, 0.05) is 12.2 Å². The zero-order valence-electron chi connectivity index (χ0n) is 6.15. The van der Waals surface area contributed by atoms with Crippen molar-refractivity contribution < 1.29 is 4.79 Å². The van der Waals surface area contributed by atoms with Gasteiger partial charge in [0.2, 0.25) is 0 Å². The van der Waals surface area contributed by atoms with Crippen LogP contribution in [-0.4, -0.2) is 17.3 Å². The molecule has 0 saturated carbocycles. The Balaban J connectivity index is 2.73. The Kier molecular flexibility index (Phi) is 2.68. The van der Waals surface area contributed by atoms with E-state index >= 15 is 0 Å². The van der Waals surface area contributed by atoms with Gasteiger partial charge < -0.3 is 10.3 Å². The summed E-state index contributed by atoms with van der Waals surface area (Å²) in [5.41, 5.74) is 1.40. The first-order valence-corrected chi connectivity index (χ1v) is 3.64. The summed E-state index contributed by atoms with van der Waals surface area (Å²) in [7, 11) is 1.84. The molecule has 0 aliphatic rings. The number of aromatic amines is 1. The van der Waals surface area contributed by atoms with Gasteiger partial charge in [-0.25, -0.2) is 0 Å². The topological polar surface area (TPSA) is 44.9 Å². The molecule has 1 aromatic rings. The zero-order chi connectivity index (χ0) is 8.27. The number of carbonyl (C=O) groups is 1. The van der Waals surface area contributed by atoms with Crippen molar-refractivity contribution in [1.29, 1.82) is 0 Å². The molecule has 0 aliphatic heterocycles. The summed E-state index contributed by atoms with van der Waals surface area (Å²) in [6.45, 7) is 0.712. The van der Waals surface area contributed by atoms with Crippen molar-refractivity contribution in [3.63, 3.8) is 0 Å². The lowest BCUT2D eigenvalue weighted by molar-refractivity contribution is 0.107. The number of nitrogens with one attached hydrogen (secondary N) is 2. The molecule has 0 saturated heterocycles. The van der Waals surface area contributed by atoms with Gasteiger partial charge >= 0.3 is 0 Å². The molecule has 1 aromatic heterocycles. The lowest BCUT2D eigenvalue weighted by Gasteiger charge is -1.92. The normalized spacial score (nSPS) is 10.0. The molecule has 0 amide bonds. The molecule has 60 valence electrons. The summed E-state index contributed by atoms with van der Waals surface area (Å²) in [5, 5.41) is 2.50. The number of carbonyl (C=O) groups excluding carboxylic acids is 1. The highest BCUT2D eigenvalue weighted by Crippen LogP contribution is 2.04. The molecular formula is C7H9ClN2O. The van der Waals surface area contributed by atoms with Crippen molar-refractivity contribution in [3.05, 3.63) is 23.5 Å². The molecule has 0 aliphatic carbocycles. The van der Waals surface area contributed by atoms with Crippen molar-refractivity contribution in [2.24, 2.45) is 0 Å². The molecule has 1 heterocycles. The van der Waals surface area contributed by atoms with E-state index in [1.54, 1.807) is 6.07 Å². The molecule has 11 heavy (non-hydrogen) atoms. The Bertz CT molecular complexity index is 257. The van der Waals surface area contributed by atoms with Crippen LogP contribution in [0.5, 0.6) is 0 Å². The van der Waals surface area contributed by atoms with E-state index in [1.807, 2.05) is 13.1 Å². The second kappa shape index (κ2) is 3.55. The standard InChI is InChI=1S/C7H9ClN2O/c1-9-4-5-2-3-6(10-5)7(8)11/h2-3,9-10H,4H2,1H3. The average Bonchev–Trinajstić information content (AvgIpc) is 2.37. The van der Waals surface area contributed by atoms with E-state index in [2.05, 4.69) is 10.3 Å². The van der Waals surface area contributed by atoms with E-state index in [0.29, 0.717) is 12.2 Å². The first-order chi connectivity index (χ1) is 5.24. The predicted octanol–water partition coefficient (Wildman–Crippen LogP) is 1.11. The van der Waals surface area contributed by atoms with Crippen molar-refractivity contribution in [1.82, 2.24) is 10.3 Å². The van der Waals surface area contributed by atoms with Crippen LogP contribution in [0, 0.1) is 0 Å². The molecule has 0 unspecified atom stereocenters. The largest absolute Gasteiger partial charge is 0.354 e. The monoisotopic (exact) mass is 172 g/mol. The molecule has 2 N–H and O–H groups in total. The van der Waals surface area contributed by atoms with Gasteiger partial charge in [0.25, 0.3) is 5.24 Å². The fourth-order valence-corrected chi connectivity index (χ4v) is 0.959. The number of hydrogen-bond acceptors (Lipinski definition) is 2. The number of rotatable bonds is 3. The van der Waals surface area contributed by atoms with E-state index in [1.165, 1.54) is 0 Å². The van der Waals surface area contributed by atoms with Crippen LogP contribution in [0.4, 0.5) is 0 Å². The number of hydrogen-bond donors (Lipinski definition) is 2. The quantitative estimate of drug-likeness (QED) is 0.671. The highest BCUT2D eigenvalue weighted by Gasteiger charge is 2.03. The minimum absolute atomic E-state index is 0.442. The van der Waals surface area contributed by atoms with Crippen molar-refractivity contribution in [2.75, 3.05) is 7.05 Å². The van der Waals surface area contributed by atoms with E-state index in [9.17, 15) is 4.79 Å². The van der Waals surface area contributed by atoms with Crippen molar-refractivity contribution in [2.45, 2.75) is 6.54 Å². The number of aromatic nitrogens is 1. The lowest BCUT2D eigenvalue weighted by Crippen LogP contribution is -2.05. The van der Waals surface area contributed by atoms with Gasteiger partial charge in [-0.15, -0.1) is 0 Å². The van der Waals surface area contributed by atoms with Gasteiger partial charge in [-0.2, -0.15) is 0 Å². The second-order valence-electron chi connectivity index (χ2n) is 2.20. The lowest BCUT2D eigenvalue weighted by atomic mass is 10.4. The maximum atomic E-state index is 10.6. The third-order valence-electron chi connectivity index (χ3n) is 1.33. The molecular weight excluding hydrogens is 164 g/mol. The first kappa shape index (κ1) is 8.30. The van der Waals surface area contributed by atoms with Gasteiger partial charge in [-0.05, 0) is 30.8 Å². The van der Waals surface area contributed by atoms with E-state index < -0.39 is 5.24 Å². The molecule has 0 radical (unpaired) electrons. The van der Waals surface area contributed by atoms with Crippen LogP contribution in [0.1, 0.15) is 16.2 Å². The first-order valence-electron chi connectivity index (χ1n) is 3.26. The molecule has 1 rings (SSSR count). The van der Waals surface area contributed by atoms with Crippen LogP contribution in [0.3, 0.4) is 0 Å². The van der Waals surface area contributed by atoms with Crippen LogP contribution in [0.15, 0.2) is 12.1 Å². The van der Waals surface area contributed by atoms with Crippen molar-refractivity contribution in [3.8, 4) is 0 Å². The summed E-state index contributed by atoms with van der Waals surface area (Å²) >= 11 is 5.23. The molecule has 3 nitrogen and oxygen atoms in total. The summed E-state index contributed by atoms with van der Waals surface area (Å²) in [6, 6.07) is 3.49. The maximum absolute atomic E-state index is 10.6. The van der Waals surface area contributed by atoms with E-state index in [-0.39, 0.29) is 0 Å². The highest BCUT2D eigenvalue weighted by molar-refractivity contribution is 6.67. The Labute approximate surface area is 69.8 Å². The SMILES string of the molecule is CNCc1ccc(C(=O)Cl)[nH]1. The summed E-state index contributed by atoms with van der Waals surface area (Å²) < 4.78 is 0. The molecule has 0 atom stereocenters. The Morgan fingerprint density at radius 3 is 2.91 bits per heavy atom. The fraction of sp³-hybridized carbons (Fsp3) is 0.286. The van der Waals surface area contributed by atoms with Crippen LogP contribution in [-0.2, 0) is 6.54 Å². The van der Waals surface area contributed by atoms with E-state index in [0.717, 1.165) is 5.69 Å². The molecule has 0 bridgehead atoms. The zero-order valence-corrected chi connectivity index (χ0v) is 6.90. The van der Waals surface area contributed by atoms with E-state index in [4.69, 9.17) is 11.6 Å². The average molecular weight is 173 g/mol. The molecule has 4 heteroatoms. The summed E-state index contributed by atoms with van der Waals surface area (Å²) in [4.78, 5) is 13.4. The third kappa shape index (κ3) is 2.06. The van der Waals surface area contributed by atoms with Crippen molar-refractivity contribution >= 4 is 16.8 Å². The second-order valence-corrected chi connectivity index (χ2v) is 2.54. The maximum Gasteiger partial charge on any atom is 0.268 e. The van der Waals surface area contributed by atoms with Gasteiger partial charge in [0.15, 0.2) is 0 Å². The van der Waals surface area contributed by atoms with Crippen LogP contribution in [0.25, 0.3) is 0 Å². The third-order valence-corrected chi connectivity index (χ3v) is 1.53. The molecule has 0 spiro atoms. The van der Waals surface area contributed by atoms with Crippen LogP contribution < -0.4 is 5.32 Å².